The molecular weight excluding hydrogens is 643 g/mol. The summed E-state index contributed by atoms with van der Waals surface area (Å²) in [5.41, 5.74) is -2.57. The fourth-order valence-corrected chi connectivity index (χ4v) is 7.60. The molecule has 238 valence electrons. The van der Waals surface area contributed by atoms with Gasteiger partial charge in [0, 0.05) is 47.3 Å². The van der Waals surface area contributed by atoms with Crippen LogP contribution in [0.4, 0.5) is 0 Å². The van der Waals surface area contributed by atoms with Crippen LogP contribution in [0.15, 0.2) is 163 Å². The molecular formula is C45H27N5S. The second-order valence-corrected chi connectivity index (χ2v) is 12.4. The van der Waals surface area contributed by atoms with Crippen molar-refractivity contribution in [3.05, 3.63) is 163 Å². The van der Waals surface area contributed by atoms with Gasteiger partial charge in [0.05, 0.1) is 49.5 Å². The zero-order valence-corrected chi connectivity index (χ0v) is 26.5. The van der Waals surface area contributed by atoms with E-state index in [4.69, 9.17) is 32.8 Å². The first kappa shape index (κ1) is 15.1. The number of para-hydroxylation sites is 3. The lowest BCUT2D eigenvalue weighted by molar-refractivity contribution is 0.893. The van der Waals surface area contributed by atoms with Gasteiger partial charge >= 0.3 is 0 Å². The number of rotatable bonds is 4. The van der Waals surface area contributed by atoms with Crippen molar-refractivity contribution in [3.63, 3.8) is 0 Å². The molecule has 0 aliphatic heterocycles. The van der Waals surface area contributed by atoms with Crippen molar-refractivity contribution < 1.29 is 27.4 Å². The Morgan fingerprint density at radius 1 is 0.451 bits per heavy atom. The minimum absolute atomic E-state index is 0.188. The van der Waals surface area contributed by atoms with Crippen molar-refractivity contribution in [2.75, 3.05) is 0 Å². The highest BCUT2D eigenvalue weighted by molar-refractivity contribution is 7.25. The molecule has 0 bridgehead atoms. The molecule has 4 heterocycles. The van der Waals surface area contributed by atoms with Crippen molar-refractivity contribution in [3.8, 4) is 34.4 Å². The average Bonchev–Trinajstić information content (AvgIpc) is 4.05. The zero-order valence-electron chi connectivity index (χ0n) is 45.7. The minimum Gasteiger partial charge on any atom is -0.278 e. The van der Waals surface area contributed by atoms with E-state index in [1.165, 1.54) is 11.3 Å². The standard InChI is InChI=1S/C45H27N5S/c1-2-13-28(14-3-1)29-25-26-33-32-17-6-10-22-38(32)50(39(33)27-29)45-47-43(35-19-12-24-41-42(35)34-18-7-11-23-40(34)51-41)46-44(48-45)49-36-20-8-4-15-30(36)31-16-5-9-21-37(31)49/h1-27H/i1D,2D,3D,4D,5D,6D,8D,9D,10D,13D,14D,15D,16D,17D,20D,21D,22D,25D,26D,27D. The van der Waals surface area contributed by atoms with Crippen LogP contribution in [0.3, 0.4) is 0 Å². The van der Waals surface area contributed by atoms with Crippen LogP contribution in [0.5, 0.6) is 0 Å². The normalized spacial score (nSPS) is 17.4. The molecule has 6 heteroatoms. The summed E-state index contributed by atoms with van der Waals surface area (Å²) in [5.74, 6) is -1.29. The van der Waals surface area contributed by atoms with Crippen LogP contribution in [-0.4, -0.2) is 24.1 Å². The molecule has 11 rings (SSSR count). The Kier molecular flexibility index (Phi) is 3.24. The van der Waals surface area contributed by atoms with Gasteiger partial charge in [-0.1, -0.05) is 127 Å². The Labute approximate surface area is 324 Å². The topological polar surface area (TPSA) is 48.5 Å². The maximum Gasteiger partial charge on any atom is 0.240 e. The van der Waals surface area contributed by atoms with Gasteiger partial charge in [-0.25, -0.2) is 0 Å². The molecule has 51 heavy (non-hydrogen) atoms. The third-order valence-corrected chi connectivity index (χ3v) is 9.73. The fourth-order valence-electron chi connectivity index (χ4n) is 6.47. The first-order valence-electron chi connectivity index (χ1n) is 25.4. The van der Waals surface area contributed by atoms with Gasteiger partial charge < -0.3 is 0 Å². The molecule has 5 nitrogen and oxygen atoms in total. The van der Waals surface area contributed by atoms with Crippen molar-refractivity contribution in [1.29, 1.82) is 0 Å². The van der Waals surface area contributed by atoms with Gasteiger partial charge in [-0.05, 0) is 47.4 Å². The van der Waals surface area contributed by atoms with Crippen molar-refractivity contribution >= 4 is 75.1 Å². The van der Waals surface area contributed by atoms with Gasteiger partial charge in [0.2, 0.25) is 11.9 Å². The van der Waals surface area contributed by atoms with Crippen LogP contribution in [0.2, 0.25) is 0 Å². The van der Waals surface area contributed by atoms with E-state index in [0.29, 0.717) is 10.9 Å². The van der Waals surface area contributed by atoms with Gasteiger partial charge in [-0.2, -0.15) is 15.0 Å². The van der Waals surface area contributed by atoms with Crippen LogP contribution >= 0.6 is 11.3 Å². The average molecular weight is 690 g/mol. The predicted octanol–water partition coefficient (Wildman–Crippen LogP) is 11.8. The number of hydrogen-bond donors (Lipinski definition) is 0. The number of nitrogens with zero attached hydrogens (tertiary/aromatic N) is 5. The Bertz CT molecular complexity index is 4210. The Morgan fingerprint density at radius 2 is 1.02 bits per heavy atom. The van der Waals surface area contributed by atoms with Crippen molar-refractivity contribution in [2.45, 2.75) is 0 Å². The Morgan fingerprint density at radius 3 is 1.71 bits per heavy atom. The zero-order chi connectivity index (χ0) is 50.9. The monoisotopic (exact) mass is 689 g/mol. The van der Waals surface area contributed by atoms with Crippen LogP contribution in [-0.2, 0) is 0 Å². The lowest BCUT2D eigenvalue weighted by Gasteiger charge is -2.13. The van der Waals surface area contributed by atoms with Crippen LogP contribution < -0.4 is 0 Å². The summed E-state index contributed by atoms with van der Waals surface area (Å²) in [4.78, 5) is 14.6. The van der Waals surface area contributed by atoms with Crippen LogP contribution in [0, 0.1) is 0 Å². The highest BCUT2D eigenvalue weighted by Gasteiger charge is 2.22. The number of hydrogen-bond acceptors (Lipinski definition) is 4. The van der Waals surface area contributed by atoms with Gasteiger partial charge in [0.15, 0.2) is 5.82 Å². The van der Waals surface area contributed by atoms with E-state index < -0.39 is 160 Å². The van der Waals surface area contributed by atoms with Gasteiger partial charge in [-0.15, -0.1) is 11.3 Å². The third kappa shape index (κ3) is 4.24. The molecule has 0 unspecified atom stereocenters. The Hall–Kier alpha value is -6.63. The van der Waals surface area contributed by atoms with E-state index in [2.05, 4.69) is 0 Å². The molecule has 0 saturated carbocycles. The molecule has 0 spiro atoms. The lowest BCUT2D eigenvalue weighted by atomic mass is 10.0. The number of thiophene rings is 1. The van der Waals surface area contributed by atoms with E-state index >= 15 is 0 Å². The van der Waals surface area contributed by atoms with E-state index in [9.17, 15) is 9.60 Å². The van der Waals surface area contributed by atoms with Crippen molar-refractivity contribution in [2.24, 2.45) is 0 Å². The second kappa shape index (κ2) is 10.9. The maximum absolute atomic E-state index is 9.85. The largest absolute Gasteiger partial charge is 0.278 e. The van der Waals surface area contributed by atoms with Crippen LogP contribution in [0.1, 0.15) is 27.4 Å². The number of fused-ring (bicyclic) bond motifs is 9. The lowest BCUT2D eigenvalue weighted by Crippen LogP contribution is -2.10. The smallest absolute Gasteiger partial charge is 0.240 e. The van der Waals surface area contributed by atoms with Crippen molar-refractivity contribution in [1.82, 2.24) is 24.1 Å². The molecule has 11 aromatic rings. The summed E-state index contributed by atoms with van der Waals surface area (Å²) >= 11 is 1.44. The summed E-state index contributed by atoms with van der Waals surface area (Å²) < 4.78 is 182. The summed E-state index contributed by atoms with van der Waals surface area (Å²) in [7, 11) is 0. The highest BCUT2D eigenvalue weighted by Crippen LogP contribution is 2.40. The molecule has 0 atom stereocenters. The van der Waals surface area contributed by atoms with E-state index in [-0.39, 0.29) is 33.0 Å². The second-order valence-electron chi connectivity index (χ2n) is 11.4. The maximum atomic E-state index is 9.85. The van der Waals surface area contributed by atoms with E-state index in [1.54, 1.807) is 12.1 Å². The molecule has 0 aliphatic carbocycles. The molecule has 0 fully saturated rings. The minimum atomic E-state index is -0.815. The van der Waals surface area contributed by atoms with Gasteiger partial charge in [-0.3, -0.25) is 9.13 Å². The van der Waals surface area contributed by atoms with E-state index in [0.717, 1.165) is 23.9 Å². The van der Waals surface area contributed by atoms with Crippen LogP contribution in [0.25, 0.3) is 98.2 Å². The predicted molar refractivity (Wildman–Crippen MR) is 212 cm³/mol. The quantitative estimate of drug-likeness (QED) is 0.185. The summed E-state index contributed by atoms with van der Waals surface area (Å²) in [6, 6.07) is -2.21. The molecule has 4 aromatic heterocycles. The summed E-state index contributed by atoms with van der Waals surface area (Å²) in [6.45, 7) is 0. The summed E-state index contributed by atoms with van der Waals surface area (Å²) in [5, 5.41) is 0.00117. The van der Waals surface area contributed by atoms with Gasteiger partial charge in [0.1, 0.15) is 0 Å². The molecule has 0 aliphatic rings. The first-order valence-corrected chi connectivity index (χ1v) is 16.2. The first-order chi connectivity index (χ1) is 33.6. The SMILES string of the molecule is [2H]c1c([2H])c([2H])c(-c2c([2H])c([2H])c3c4c([2H])c([2H])c([2H])c([2H])c4n(-c4nc(-c5cccc6sc7ccccc7c56)nc(-n5c6c([2H])c([2H])c([2H])c([2H])c6c6c([2H])c([2H])c([2H])c([2H])c65)n4)c3c2[2H])c([2H])c1[2H]. The number of benzene rings is 7. The van der Waals surface area contributed by atoms with Gasteiger partial charge in [0.25, 0.3) is 0 Å². The third-order valence-electron chi connectivity index (χ3n) is 8.60. The molecule has 7 aromatic carbocycles. The van der Waals surface area contributed by atoms with E-state index in [1.807, 2.05) is 30.3 Å². The molecule has 0 N–H and O–H groups in total. The Balaban J connectivity index is 1.41. The number of aromatic nitrogens is 5. The highest BCUT2D eigenvalue weighted by atomic mass is 32.1. The molecule has 0 saturated heterocycles. The molecule has 0 amide bonds. The summed E-state index contributed by atoms with van der Waals surface area (Å²) in [6.07, 6.45) is 0. The fraction of sp³-hybridized carbons (Fsp3) is 0. The molecule has 0 radical (unpaired) electrons.